The lowest BCUT2D eigenvalue weighted by Crippen LogP contribution is -1.99. The fourth-order valence-electron chi connectivity index (χ4n) is 0.249. The van der Waals surface area contributed by atoms with E-state index in [1.165, 1.54) is 12.2 Å². The summed E-state index contributed by atoms with van der Waals surface area (Å²) in [7, 11) is 3.78. The van der Waals surface area contributed by atoms with E-state index in [-0.39, 0.29) is 0 Å². The average molecular weight is 151 g/mol. The second-order valence-electron chi connectivity index (χ2n) is 1.43. The van der Waals surface area contributed by atoms with E-state index in [2.05, 4.69) is 6.92 Å². The molecule has 0 atom stereocenters. The molecule has 0 spiro atoms. The first-order chi connectivity index (χ1) is 3.91. The molecule has 0 unspecified atom stereocenters. The van der Waals surface area contributed by atoms with E-state index in [0.29, 0.717) is 0 Å². The molecule has 0 aromatic rings. The quantitative estimate of drug-likeness (QED) is 0.479. The van der Waals surface area contributed by atoms with Crippen LogP contribution in [0.25, 0.3) is 0 Å². The lowest BCUT2D eigenvalue weighted by Gasteiger charge is -1.93. The van der Waals surface area contributed by atoms with Crippen LogP contribution in [0.3, 0.4) is 0 Å². The zero-order chi connectivity index (χ0) is 6.24. The summed E-state index contributed by atoms with van der Waals surface area (Å²) in [6.07, 6.45) is 1.27. The van der Waals surface area contributed by atoms with Gasteiger partial charge in [-0.1, -0.05) is 28.5 Å². The van der Waals surface area contributed by atoms with Crippen LogP contribution >= 0.6 is 21.6 Å². The van der Waals surface area contributed by atoms with Gasteiger partial charge in [0.2, 0.25) is 0 Å². The molecule has 0 aliphatic rings. The zero-order valence-electron chi connectivity index (χ0n) is 5.22. The Bertz CT molecular complexity index is 35.4. The van der Waals surface area contributed by atoms with E-state index < -0.39 is 0 Å². The molecule has 0 saturated heterocycles. The van der Waals surface area contributed by atoms with E-state index in [0.717, 1.165) is 12.3 Å². The smallest absolute Gasteiger partial charge is 0.0160 e. The van der Waals surface area contributed by atoms with Crippen molar-refractivity contribution >= 4 is 21.6 Å². The van der Waals surface area contributed by atoms with Crippen LogP contribution in [0.4, 0.5) is 0 Å². The van der Waals surface area contributed by atoms with Crippen molar-refractivity contribution in [2.75, 3.05) is 18.1 Å². The molecule has 0 rings (SSSR count). The first-order valence-corrected chi connectivity index (χ1v) is 5.35. The van der Waals surface area contributed by atoms with Crippen molar-refractivity contribution in [3.05, 3.63) is 0 Å². The van der Waals surface area contributed by atoms with Gasteiger partial charge >= 0.3 is 0 Å². The molecular formula is C5H13NS2. The largest absolute Gasteiger partial charge is 0.330 e. The molecule has 3 heteroatoms. The minimum atomic E-state index is 0.807. The molecule has 0 aromatic carbocycles. The Balaban J connectivity index is 2.53. The lowest BCUT2D eigenvalue weighted by atomic mass is 10.6. The van der Waals surface area contributed by atoms with Crippen molar-refractivity contribution < 1.29 is 0 Å². The average Bonchev–Trinajstić information content (AvgIpc) is 1.81. The zero-order valence-corrected chi connectivity index (χ0v) is 6.86. The summed E-state index contributed by atoms with van der Waals surface area (Å²) >= 11 is 0. The highest BCUT2D eigenvalue weighted by molar-refractivity contribution is 8.76. The van der Waals surface area contributed by atoms with Gasteiger partial charge in [0.1, 0.15) is 0 Å². The Morgan fingerprint density at radius 3 is 2.38 bits per heavy atom. The van der Waals surface area contributed by atoms with Crippen molar-refractivity contribution in [2.24, 2.45) is 5.73 Å². The second kappa shape index (κ2) is 7.66. The van der Waals surface area contributed by atoms with E-state index in [9.17, 15) is 0 Å². The van der Waals surface area contributed by atoms with Crippen molar-refractivity contribution in [3.63, 3.8) is 0 Å². The van der Waals surface area contributed by atoms with Crippen LogP contribution in [-0.4, -0.2) is 18.1 Å². The SMILES string of the molecule is CCCSSCCN. The highest BCUT2D eigenvalue weighted by atomic mass is 33.1. The normalized spacial score (nSPS) is 9.75. The van der Waals surface area contributed by atoms with Gasteiger partial charge in [-0.25, -0.2) is 0 Å². The number of rotatable bonds is 5. The molecule has 0 aliphatic heterocycles. The minimum Gasteiger partial charge on any atom is -0.330 e. The third kappa shape index (κ3) is 6.66. The monoisotopic (exact) mass is 151 g/mol. The van der Waals surface area contributed by atoms with Crippen molar-refractivity contribution in [1.82, 2.24) is 0 Å². The van der Waals surface area contributed by atoms with Crippen LogP contribution in [-0.2, 0) is 0 Å². The molecule has 2 N–H and O–H groups in total. The molecule has 8 heavy (non-hydrogen) atoms. The van der Waals surface area contributed by atoms with Gasteiger partial charge in [0, 0.05) is 18.1 Å². The molecule has 0 radical (unpaired) electrons. The molecule has 0 aliphatic carbocycles. The molecule has 0 fully saturated rings. The van der Waals surface area contributed by atoms with Gasteiger partial charge in [-0.3, -0.25) is 0 Å². The highest BCUT2D eigenvalue weighted by Gasteiger charge is 1.83. The van der Waals surface area contributed by atoms with Gasteiger partial charge < -0.3 is 5.73 Å². The summed E-state index contributed by atoms with van der Waals surface area (Å²) in [6, 6.07) is 0. The molecular weight excluding hydrogens is 138 g/mol. The van der Waals surface area contributed by atoms with Gasteiger partial charge in [-0.2, -0.15) is 0 Å². The molecule has 0 saturated carbocycles. The fourth-order valence-corrected chi connectivity index (χ4v) is 2.24. The van der Waals surface area contributed by atoms with Crippen molar-refractivity contribution in [3.8, 4) is 0 Å². The van der Waals surface area contributed by atoms with Crippen LogP contribution < -0.4 is 5.73 Å². The molecule has 1 nitrogen and oxygen atoms in total. The van der Waals surface area contributed by atoms with Crippen molar-refractivity contribution in [1.29, 1.82) is 0 Å². The summed E-state index contributed by atoms with van der Waals surface area (Å²) in [5.74, 6) is 2.34. The maximum atomic E-state index is 5.28. The first-order valence-electron chi connectivity index (χ1n) is 2.86. The summed E-state index contributed by atoms with van der Waals surface area (Å²) in [5.41, 5.74) is 5.28. The van der Waals surface area contributed by atoms with Crippen LogP contribution in [0.2, 0.25) is 0 Å². The number of nitrogens with two attached hydrogens (primary N) is 1. The Kier molecular flexibility index (Phi) is 8.29. The van der Waals surface area contributed by atoms with Gasteiger partial charge in [-0.05, 0) is 6.42 Å². The number of hydrogen-bond acceptors (Lipinski definition) is 3. The third-order valence-corrected chi connectivity index (χ3v) is 3.22. The van der Waals surface area contributed by atoms with Gasteiger partial charge in [0.05, 0.1) is 0 Å². The van der Waals surface area contributed by atoms with Crippen LogP contribution in [0.15, 0.2) is 0 Å². The molecule has 0 amide bonds. The minimum absolute atomic E-state index is 0.807. The lowest BCUT2D eigenvalue weighted by molar-refractivity contribution is 1.11. The third-order valence-electron chi connectivity index (χ3n) is 0.572. The molecule has 0 aromatic heterocycles. The van der Waals surface area contributed by atoms with Gasteiger partial charge in [-0.15, -0.1) is 0 Å². The van der Waals surface area contributed by atoms with E-state index in [1.807, 2.05) is 21.6 Å². The van der Waals surface area contributed by atoms with Gasteiger partial charge in [0.15, 0.2) is 0 Å². The van der Waals surface area contributed by atoms with Crippen molar-refractivity contribution in [2.45, 2.75) is 13.3 Å². The first kappa shape index (κ1) is 8.66. The summed E-state index contributed by atoms with van der Waals surface area (Å²) in [5, 5.41) is 0. The summed E-state index contributed by atoms with van der Waals surface area (Å²) in [4.78, 5) is 0. The van der Waals surface area contributed by atoms with Crippen LogP contribution in [0, 0.1) is 0 Å². The standard InChI is InChI=1S/C5H13NS2/c1-2-4-7-8-5-3-6/h2-6H2,1H3. The maximum absolute atomic E-state index is 5.28. The van der Waals surface area contributed by atoms with Crippen LogP contribution in [0.5, 0.6) is 0 Å². The summed E-state index contributed by atoms with van der Waals surface area (Å²) in [6.45, 7) is 3.00. The predicted octanol–water partition coefficient (Wildman–Crippen LogP) is 1.74. The van der Waals surface area contributed by atoms with Crippen LogP contribution in [0.1, 0.15) is 13.3 Å². The molecule has 50 valence electrons. The summed E-state index contributed by atoms with van der Waals surface area (Å²) < 4.78 is 0. The Hall–Kier alpha value is 0.660. The second-order valence-corrected chi connectivity index (χ2v) is 4.13. The maximum Gasteiger partial charge on any atom is 0.0160 e. The fraction of sp³-hybridized carbons (Fsp3) is 1.00. The Labute approximate surface area is 59.2 Å². The van der Waals surface area contributed by atoms with E-state index in [1.54, 1.807) is 0 Å². The Morgan fingerprint density at radius 2 is 1.88 bits per heavy atom. The molecule has 0 bridgehead atoms. The topological polar surface area (TPSA) is 26.0 Å². The highest BCUT2D eigenvalue weighted by Crippen LogP contribution is 2.20. The predicted molar refractivity (Wildman–Crippen MR) is 44.3 cm³/mol. The molecule has 0 heterocycles. The van der Waals surface area contributed by atoms with E-state index >= 15 is 0 Å². The van der Waals surface area contributed by atoms with E-state index in [4.69, 9.17) is 5.73 Å². The Morgan fingerprint density at radius 1 is 1.25 bits per heavy atom. The number of hydrogen-bond donors (Lipinski definition) is 1. The van der Waals surface area contributed by atoms with Gasteiger partial charge in [0.25, 0.3) is 0 Å².